The summed E-state index contributed by atoms with van der Waals surface area (Å²) in [5, 5.41) is 9.97. The number of allylic oxidation sites excluding steroid dienone is 2. The van der Waals surface area contributed by atoms with Crippen LogP contribution in [0.3, 0.4) is 0 Å². The summed E-state index contributed by atoms with van der Waals surface area (Å²) in [6.45, 7) is 2.05. The predicted molar refractivity (Wildman–Crippen MR) is 64.3 cm³/mol. The number of hydrogen-bond donors (Lipinski definition) is 1. The molecule has 1 N–H and O–H groups in total. The molecule has 0 aromatic carbocycles. The zero-order valence-electron chi connectivity index (χ0n) is 10.2. The Bertz CT molecular complexity index is 294. The number of rotatable bonds is 3. The Labute approximate surface area is 97.7 Å². The SMILES string of the molecule is CC1(C(O)=CC(=O)C2CCCCC2)CCC1. The fraction of sp³-hybridized carbons (Fsp3) is 0.786. The highest BCUT2D eigenvalue weighted by Crippen LogP contribution is 2.45. The average molecular weight is 222 g/mol. The fourth-order valence-corrected chi connectivity index (χ4v) is 2.78. The van der Waals surface area contributed by atoms with E-state index in [1.807, 2.05) is 0 Å². The Morgan fingerprint density at radius 3 is 2.31 bits per heavy atom. The van der Waals surface area contributed by atoms with Gasteiger partial charge in [-0.1, -0.05) is 32.6 Å². The molecule has 0 atom stereocenters. The Morgan fingerprint density at radius 1 is 1.19 bits per heavy atom. The first-order valence-electron chi connectivity index (χ1n) is 6.57. The number of aliphatic hydroxyl groups excluding tert-OH is 1. The second-order valence-electron chi connectivity index (χ2n) is 5.68. The van der Waals surface area contributed by atoms with E-state index in [0.29, 0.717) is 5.76 Å². The van der Waals surface area contributed by atoms with Crippen LogP contribution in [0.15, 0.2) is 11.8 Å². The van der Waals surface area contributed by atoms with Crippen molar-refractivity contribution in [2.45, 2.75) is 58.3 Å². The summed E-state index contributed by atoms with van der Waals surface area (Å²) >= 11 is 0. The van der Waals surface area contributed by atoms with Crippen LogP contribution in [-0.2, 0) is 4.79 Å². The van der Waals surface area contributed by atoms with Gasteiger partial charge in [0.05, 0.1) is 0 Å². The molecule has 2 heteroatoms. The van der Waals surface area contributed by atoms with E-state index in [2.05, 4.69) is 6.92 Å². The van der Waals surface area contributed by atoms with Crippen LogP contribution < -0.4 is 0 Å². The zero-order chi connectivity index (χ0) is 11.6. The molecule has 0 aliphatic heterocycles. The van der Waals surface area contributed by atoms with Crippen molar-refractivity contribution in [1.82, 2.24) is 0 Å². The average Bonchev–Trinajstić information content (AvgIpc) is 2.27. The first kappa shape index (κ1) is 11.7. The number of carbonyl (C=O) groups is 1. The summed E-state index contributed by atoms with van der Waals surface area (Å²) in [6.07, 6.45) is 10.4. The van der Waals surface area contributed by atoms with Gasteiger partial charge in [-0.25, -0.2) is 0 Å². The summed E-state index contributed by atoms with van der Waals surface area (Å²) in [7, 11) is 0. The van der Waals surface area contributed by atoms with E-state index >= 15 is 0 Å². The Hall–Kier alpha value is -0.790. The summed E-state index contributed by atoms with van der Waals surface area (Å²) in [5.41, 5.74) is -0.0929. The fourth-order valence-electron chi connectivity index (χ4n) is 2.78. The molecule has 0 saturated heterocycles. The maximum Gasteiger partial charge on any atom is 0.162 e. The van der Waals surface area contributed by atoms with Crippen molar-refractivity contribution in [3.63, 3.8) is 0 Å². The van der Waals surface area contributed by atoms with Gasteiger partial charge in [0.1, 0.15) is 5.76 Å². The minimum Gasteiger partial charge on any atom is -0.512 e. The third-order valence-electron chi connectivity index (χ3n) is 4.36. The van der Waals surface area contributed by atoms with E-state index < -0.39 is 0 Å². The number of aliphatic hydroxyl groups is 1. The smallest absolute Gasteiger partial charge is 0.162 e. The molecule has 0 aromatic rings. The third kappa shape index (κ3) is 2.31. The van der Waals surface area contributed by atoms with Crippen LogP contribution in [0.2, 0.25) is 0 Å². The summed E-state index contributed by atoms with van der Waals surface area (Å²) in [5.74, 6) is 0.666. The molecule has 2 nitrogen and oxygen atoms in total. The monoisotopic (exact) mass is 222 g/mol. The van der Waals surface area contributed by atoms with Gasteiger partial charge in [-0.3, -0.25) is 4.79 Å². The van der Waals surface area contributed by atoms with Crippen LogP contribution in [0.25, 0.3) is 0 Å². The van der Waals surface area contributed by atoms with Crippen LogP contribution >= 0.6 is 0 Å². The standard InChI is InChI=1S/C14H22O2/c1-14(8-5-9-14)13(16)10-12(15)11-6-3-2-4-7-11/h10-11,16H,2-9H2,1H3. The van der Waals surface area contributed by atoms with Crippen molar-refractivity contribution >= 4 is 5.78 Å². The molecule has 0 radical (unpaired) electrons. The van der Waals surface area contributed by atoms with Gasteiger partial charge in [0.15, 0.2) is 5.78 Å². The normalized spacial score (nSPS) is 26.2. The summed E-state index contributed by atoms with van der Waals surface area (Å²) < 4.78 is 0. The molecule has 0 spiro atoms. The second kappa shape index (κ2) is 4.60. The molecule has 2 fully saturated rings. The molecule has 0 unspecified atom stereocenters. The molecule has 0 heterocycles. The molecular weight excluding hydrogens is 200 g/mol. The lowest BCUT2D eigenvalue weighted by Crippen LogP contribution is -2.29. The van der Waals surface area contributed by atoms with Crippen molar-refractivity contribution in [1.29, 1.82) is 0 Å². The topological polar surface area (TPSA) is 37.3 Å². The van der Waals surface area contributed by atoms with Gasteiger partial charge in [0, 0.05) is 17.4 Å². The van der Waals surface area contributed by atoms with E-state index in [-0.39, 0.29) is 17.1 Å². The Kier molecular flexibility index (Phi) is 3.36. The number of hydrogen-bond acceptors (Lipinski definition) is 2. The highest BCUT2D eigenvalue weighted by atomic mass is 16.3. The minimum atomic E-state index is -0.0929. The van der Waals surface area contributed by atoms with Crippen molar-refractivity contribution < 1.29 is 9.90 Å². The molecule has 0 amide bonds. The van der Waals surface area contributed by atoms with Crippen LogP contribution in [0.1, 0.15) is 58.3 Å². The highest BCUT2D eigenvalue weighted by molar-refractivity contribution is 5.92. The summed E-state index contributed by atoms with van der Waals surface area (Å²) in [4.78, 5) is 12.0. The Morgan fingerprint density at radius 2 is 1.81 bits per heavy atom. The maximum absolute atomic E-state index is 12.0. The molecular formula is C14H22O2. The maximum atomic E-state index is 12.0. The van der Waals surface area contributed by atoms with Crippen LogP contribution in [0.4, 0.5) is 0 Å². The van der Waals surface area contributed by atoms with E-state index in [4.69, 9.17) is 0 Å². The van der Waals surface area contributed by atoms with Gasteiger partial charge in [0.25, 0.3) is 0 Å². The summed E-state index contributed by atoms with van der Waals surface area (Å²) in [6, 6.07) is 0. The van der Waals surface area contributed by atoms with E-state index in [1.54, 1.807) is 0 Å². The molecule has 2 saturated carbocycles. The van der Waals surface area contributed by atoms with E-state index in [1.165, 1.54) is 31.8 Å². The van der Waals surface area contributed by atoms with Crippen molar-refractivity contribution in [2.75, 3.05) is 0 Å². The molecule has 2 aliphatic carbocycles. The lowest BCUT2D eigenvalue weighted by atomic mass is 9.68. The Balaban J connectivity index is 1.96. The van der Waals surface area contributed by atoms with Crippen molar-refractivity contribution in [2.24, 2.45) is 11.3 Å². The molecule has 0 bridgehead atoms. The highest BCUT2D eigenvalue weighted by Gasteiger charge is 2.36. The first-order valence-corrected chi connectivity index (χ1v) is 6.57. The van der Waals surface area contributed by atoms with Crippen LogP contribution in [0, 0.1) is 11.3 Å². The molecule has 2 aliphatic rings. The van der Waals surface area contributed by atoms with Gasteiger partial charge in [-0.15, -0.1) is 0 Å². The van der Waals surface area contributed by atoms with Crippen molar-refractivity contribution in [3.8, 4) is 0 Å². The largest absolute Gasteiger partial charge is 0.512 e. The lowest BCUT2D eigenvalue weighted by molar-refractivity contribution is -0.119. The molecule has 90 valence electrons. The van der Waals surface area contributed by atoms with Gasteiger partial charge in [-0.05, 0) is 25.7 Å². The second-order valence-corrected chi connectivity index (χ2v) is 5.68. The lowest BCUT2D eigenvalue weighted by Gasteiger charge is -2.37. The van der Waals surface area contributed by atoms with Crippen molar-refractivity contribution in [3.05, 3.63) is 11.8 Å². The third-order valence-corrected chi connectivity index (χ3v) is 4.36. The number of ketones is 1. The molecule has 2 rings (SSSR count). The zero-order valence-corrected chi connectivity index (χ0v) is 10.2. The van der Waals surface area contributed by atoms with E-state index in [0.717, 1.165) is 25.7 Å². The van der Waals surface area contributed by atoms with Gasteiger partial charge < -0.3 is 5.11 Å². The van der Waals surface area contributed by atoms with Crippen LogP contribution in [-0.4, -0.2) is 10.9 Å². The molecule has 16 heavy (non-hydrogen) atoms. The minimum absolute atomic E-state index is 0.0929. The van der Waals surface area contributed by atoms with E-state index in [9.17, 15) is 9.90 Å². The predicted octanol–water partition coefficient (Wildman–Crippen LogP) is 3.77. The first-order chi connectivity index (χ1) is 7.62. The van der Waals surface area contributed by atoms with Crippen LogP contribution in [0.5, 0.6) is 0 Å². The van der Waals surface area contributed by atoms with Gasteiger partial charge in [0.2, 0.25) is 0 Å². The number of carbonyl (C=O) groups excluding carboxylic acids is 1. The quantitative estimate of drug-likeness (QED) is 0.583. The molecule has 0 aromatic heterocycles. The van der Waals surface area contributed by atoms with Gasteiger partial charge in [-0.2, -0.15) is 0 Å². The van der Waals surface area contributed by atoms with Gasteiger partial charge >= 0.3 is 0 Å².